The van der Waals surface area contributed by atoms with Gasteiger partial charge in [0.05, 0.1) is 17.6 Å². The van der Waals surface area contributed by atoms with Crippen molar-refractivity contribution >= 4 is 40.3 Å². The fourth-order valence-electron chi connectivity index (χ4n) is 3.63. The number of ether oxygens (including phenoxy) is 1. The fourth-order valence-corrected chi connectivity index (χ4v) is 4.90. The molecule has 6 heteroatoms. The third-order valence-corrected chi connectivity index (χ3v) is 6.38. The Morgan fingerprint density at radius 3 is 2.83 bits per heavy atom. The number of thiocarbonyl (C=S) groups is 1. The summed E-state index contributed by atoms with van der Waals surface area (Å²) in [6.07, 6.45) is 6.75. The van der Waals surface area contributed by atoms with E-state index in [0.717, 1.165) is 29.9 Å². The zero-order chi connectivity index (χ0) is 16.8. The molecule has 24 heavy (non-hydrogen) atoms. The van der Waals surface area contributed by atoms with Crippen molar-refractivity contribution in [2.24, 2.45) is 0 Å². The number of thioether (sulfide) groups is 1. The van der Waals surface area contributed by atoms with E-state index in [9.17, 15) is 4.79 Å². The quantitative estimate of drug-likeness (QED) is 0.602. The second kappa shape index (κ2) is 6.32. The summed E-state index contributed by atoms with van der Waals surface area (Å²) in [5.41, 5.74) is 3.66. The molecule has 0 unspecified atom stereocenters. The molecule has 2 aliphatic heterocycles. The third kappa shape index (κ3) is 2.95. The van der Waals surface area contributed by atoms with Crippen LogP contribution in [0.2, 0.25) is 0 Å². The van der Waals surface area contributed by atoms with Gasteiger partial charge < -0.3 is 9.30 Å². The average Bonchev–Trinajstić information content (AvgIpc) is 3.06. The molecule has 0 aromatic carbocycles. The smallest absolute Gasteiger partial charge is 0.266 e. The number of nitrogens with zero attached hydrogens (tertiary/aromatic N) is 2. The first kappa shape index (κ1) is 16.4. The van der Waals surface area contributed by atoms with Crippen LogP contribution >= 0.6 is 24.0 Å². The second-order valence-electron chi connectivity index (χ2n) is 6.85. The van der Waals surface area contributed by atoms with Gasteiger partial charge in [0.1, 0.15) is 4.32 Å². The summed E-state index contributed by atoms with van der Waals surface area (Å²) >= 11 is 6.84. The van der Waals surface area contributed by atoms with Gasteiger partial charge in [-0.3, -0.25) is 9.69 Å². The topological polar surface area (TPSA) is 34.5 Å². The van der Waals surface area contributed by atoms with E-state index in [-0.39, 0.29) is 12.0 Å². The van der Waals surface area contributed by atoms with Crippen molar-refractivity contribution < 1.29 is 9.53 Å². The van der Waals surface area contributed by atoms with Gasteiger partial charge in [-0.05, 0) is 57.2 Å². The number of amides is 1. The van der Waals surface area contributed by atoms with E-state index in [1.807, 2.05) is 6.08 Å². The van der Waals surface area contributed by atoms with Crippen LogP contribution in [0.15, 0.2) is 11.0 Å². The van der Waals surface area contributed by atoms with Crippen molar-refractivity contribution in [3.05, 3.63) is 27.9 Å². The highest BCUT2D eigenvalue weighted by Crippen LogP contribution is 2.40. The van der Waals surface area contributed by atoms with Crippen LogP contribution < -0.4 is 0 Å². The van der Waals surface area contributed by atoms with E-state index in [2.05, 4.69) is 24.5 Å². The molecule has 128 valence electrons. The lowest BCUT2D eigenvalue weighted by Crippen LogP contribution is -2.35. The minimum absolute atomic E-state index is 0.0247. The summed E-state index contributed by atoms with van der Waals surface area (Å²) in [4.78, 5) is 15.2. The summed E-state index contributed by atoms with van der Waals surface area (Å²) in [5, 5.41) is 0. The molecule has 1 saturated carbocycles. The zero-order valence-corrected chi connectivity index (χ0v) is 15.7. The van der Waals surface area contributed by atoms with E-state index in [1.54, 1.807) is 4.90 Å². The lowest BCUT2D eigenvalue weighted by atomic mass is 10.2. The minimum Gasteiger partial charge on any atom is -0.376 e. The highest BCUT2D eigenvalue weighted by molar-refractivity contribution is 8.26. The van der Waals surface area contributed by atoms with E-state index < -0.39 is 0 Å². The molecule has 1 amide bonds. The summed E-state index contributed by atoms with van der Waals surface area (Å²) in [5.74, 6) is 0.0247. The number of hydrogen-bond donors (Lipinski definition) is 0. The maximum atomic E-state index is 12.7. The maximum Gasteiger partial charge on any atom is 0.266 e. The highest BCUT2D eigenvalue weighted by atomic mass is 32.2. The molecule has 3 heterocycles. The molecule has 2 saturated heterocycles. The van der Waals surface area contributed by atoms with Crippen molar-refractivity contribution in [1.29, 1.82) is 0 Å². The SMILES string of the molecule is Cc1cc(/C=C2\SC(=S)N(C[C@H]3CCCO3)C2=O)c(C)n1C1CC1. The van der Waals surface area contributed by atoms with Crippen LogP contribution in [0.4, 0.5) is 0 Å². The van der Waals surface area contributed by atoms with Gasteiger partial charge in [0, 0.05) is 24.0 Å². The Bertz CT molecular complexity index is 728. The van der Waals surface area contributed by atoms with Gasteiger partial charge in [-0.2, -0.15) is 0 Å². The predicted octanol–water partition coefficient (Wildman–Crippen LogP) is 3.82. The summed E-state index contributed by atoms with van der Waals surface area (Å²) in [6.45, 7) is 5.67. The molecular formula is C18H22N2O2S2. The Labute approximate surface area is 152 Å². The van der Waals surface area contributed by atoms with E-state index in [0.29, 0.717) is 16.9 Å². The second-order valence-corrected chi connectivity index (χ2v) is 8.53. The van der Waals surface area contributed by atoms with Gasteiger partial charge in [-0.25, -0.2) is 0 Å². The predicted molar refractivity (Wildman–Crippen MR) is 101 cm³/mol. The number of rotatable bonds is 4. The zero-order valence-electron chi connectivity index (χ0n) is 14.1. The molecular weight excluding hydrogens is 340 g/mol. The van der Waals surface area contributed by atoms with Crippen molar-refractivity contribution in [2.45, 2.75) is 51.7 Å². The summed E-state index contributed by atoms with van der Waals surface area (Å²) < 4.78 is 8.70. The van der Waals surface area contributed by atoms with Gasteiger partial charge in [0.15, 0.2) is 0 Å². The number of carbonyl (C=O) groups excluding carboxylic acids is 1. The molecule has 1 aromatic heterocycles. The Morgan fingerprint density at radius 2 is 2.17 bits per heavy atom. The van der Waals surface area contributed by atoms with Crippen LogP contribution in [0.1, 0.15) is 48.7 Å². The normalized spacial score (nSPS) is 26.2. The Morgan fingerprint density at radius 1 is 1.38 bits per heavy atom. The van der Waals surface area contributed by atoms with E-state index in [1.165, 1.54) is 36.0 Å². The van der Waals surface area contributed by atoms with Crippen LogP contribution in [0, 0.1) is 13.8 Å². The molecule has 1 atom stereocenters. The number of aromatic nitrogens is 1. The summed E-state index contributed by atoms with van der Waals surface area (Å²) in [6, 6.07) is 2.83. The van der Waals surface area contributed by atoms with Crippen LogP contribution in [-0.2, 0) is 9.53 Å². The highest BCUT2D eigenvalue weighted by Gasteiger charge is 2.35. The first-order chi connectivity index (χ1) is 11.5. The third-order valence-electron chi connectivity index (χ3n) is 5.01. The van der Waals surface area contributed by atoms with Gasteiger partial charge in [-0.1, -0.05) is 24.0 Å². The van der Waals surface area contributed by atoms with Crippen LogP contribution in [0.25, 0.3) is 6.08 Å². The molecule has 4 nitrogen and oxygen atoms in total. The van der Waals surface area contributed by atoms with Crippen LogP contribution in [0.5, 0.6) is 0 Å². The van der Waals surface area contributed by atoms with Crippen LogP contribution in [0.3, 0.4) is 0 Å². The molecule has 1 aromatic rings. The number of hydrogen-bond acceptors (Lipinski definition) is 4. The molecule has 0 spiro atoms. The number of carbonyl (C=O) groups is 1. The van der Waals surface area contributed by atoms with Crippen molar-refractivity contribution in [1.82, 2.24) is 9.47 Å². The lowest BCUT2D eigenvalue weighted by Gasteiger charge is -2.18. The molecule has 0 bridgehead atoms. The first-order valence-electron chi connectivity index (χ1n) is 8.60. The summed E-state index contributed by atoms with van der Waals surface area (Å²) in [7, 11) is 0. The van der Waals surface area contributed by atoms with Gasteiger partial charge in [-0.15, -0.1) is 0 Å². The van der Waals surface area contributed by atoms with Gasteiger partial charge in [0.2, 0.25) is 0 Å². The van der Waals surface area contributed by atoms with Crippen molar-refractivity contribution in [3.8, 4) is 0 Å². The molecule has 0 radical (unpaired) electrons. The van der Waals surface area contributed by atoms with Crippen molar-refractivity contribution in [2.75, 3.05) is 13.2 Å². The first-order valence-corrected chi connectivity index (χ1v) is 9.82. The molecule has 1 aliphatic carbocycles. The molecule has 0 N–H and O–H groups in total. The van der Waals surface area contributed by atoms with Crippen molar-refractivity contribution in [3.63, 3.8) is 0 Å². The molecule has 4 rings (SSSR count). The average molecular weight is 363 g/mol. The molecule has 3 fully saturated rings. The van der Waals surface area contributed by atoms with Crippen LogP contribution in [-0.4, -0.2) is 39.0 Å². The monoisotopic (exact) mass is 362 g/mol. The fraction of sp³-hybridized carbons (Fsp3) is 0.556. The Kier molecular flexibility index (Phi) is 4.31. The van der Waals surface area contributed by atoms with Gasteiger partial charge in [0.25, 0.3) is 5.91 Å². The Balaban J connectivity index is 1.56. The minimum atomic E-state index is 0.0247. The van der Waals surface area contributed by atoms with Gasteiger partial charge >= 0.3 is 0 Å². The van der Waals surface area contributed by atoms with E-state index in [4.69, 9.17) is 17.0 Å². The maximum absolute atomic E-state index is 12.7. The number of aryl methyl sites for hydroxylation is 1. The Hall–Kier alpha value is -1.11. The lowest BCUT2D eigenvalue weighted by molar-refractivity contribution is -0.123. The standard InChI is InChI=1S/C18H22N2O2S2/c1-11-8-13(12(2)20(11)14-5-6-14)9-16-17(21)19(18(23)24-16)10-15-4-3-7-22-15/h8-9,14-15H,3-7,10H2,1-2H3/b16-9-/t15-/m1/s1. The molecule has 3 aliphatic rings. The van der Waals surface area contributed by atoms with E-state index >= 15 is 0 Å². The largest absolute Gasteiger partial charge is 0.376 e.